The van der Waals surface area contributed by atoms with E-state index in [0.29, 0.717) is 5.02 Å². The first-order valence-corrected chi connectivity index (χ1v) is 3.23. The number of ether oxygens (including phenoxy) is 1. The first-order chi connectivity index (χ1) is 5.24. The molecule has 1 aromatic heterocycles. The van der Waals surface area contributed by atoms with E-state index in [4.69, 9.17) is 11.6 Å². The maximum absolute atomic E-state index is 10.8. The molecular formula is C7H5ClNO2. The van der Waals surface area contributed by atoms with E-state index in [-0.39, 0.29) is 5.69 Å². The molecule has 0 unspecified atom stereocenters. The van der Waals surface area contributed by atoms with E-state index >= 15 is 0 Å². The summed E-state index contributed by atoms with van der Waals surface area (Å²) in [5.41, 5.74) is 0.136. The number of nitrogens with zero attached hydrogens (tertiary/aromatic N) is 1. The predicted molar refractivity (Wildman–Crippen MR) is 39.4 cm³/mol. The smallest absolute Gasteiger partial charge is 0.357 e. The van der Waals surface area contributed by atoms with Crippen molar-refractivity contribution >= 4 is 17.6 Å². The SMILES string of the molecule is COC(=O)c1[c]cc(Cl)cn1. The van der Waals surface area contributed by atoms with Crippen molar-refractivity contribution in [3.63, 3.8) is 0 Å². The van der Waals surface area contributed by atoms with Crippen molar-refractivity contribution in [3.05, 3.63) is 29.0 Å². The van der Waals surface area contributed by atoms with Crippen molar-refractivity contribution in [2.75, 3.05) is 7.11 Å². The van der Waals surface area contributed by atoms with Gasteiger partial charge >= 0.3 is 5.97 Å². The lowest BCUT2D eigenvalue weighted by Gasteiger charge is -1.95. The van der Waals surface area contributed by atoms with Crippen LogP contribution in [-0.2, 0) is 4.74 Å². The Morgan fingerprint density at radius 3 is 3.00 bits per heavy atom. The molecule has 0 saturated heterocycles. The van der Waals surface area contributed by atoms with Crippen molar-refractivity contribution in [1.82, 2.24) is 4.98 Å². The zero-order valence-corrected chi connectivity index (χ0v) is 6.55. The molecule has 0 atom stereocenters. The number of carbonyl (C=O) groups excluding carboxylic acids is 1. The molecule has 0 aliphatic rings. The Balaban J connectivity index is 2.90. The zero-order chi connectivity index (χ0) is 8.27. The van der Waals surface area contributed by atoms with E-state index in [2.05, 4.69) is 15.8 Å². The minimum Gasteiger partial charge on any atom is -0.464 e. The topological polar surface area (TPSA) is 39.2 Å². The molecule has 1 radical (unpaired) electrons. The molecule has 0 spiro atoms. The number of halogens is 1. The van der Waals surface area contributed by atoms with Crippen molar-refractivity contribution < 1.29 is 9.53 Å². The molecule has 3 nitrogen and oxygen atoms in total. The Kier molecular flexibility index (Phi) is 2.44. The van der Waals surface area contributed by atoms with Crippen LogP contribution in [0, 0.1) is 6.07 Å². The fraction of sp³-hybridized carbons (Fsp3) is 0.143. The second-order valence-corrected chi connectivity index (χ2v) is 2.21. The summed E-state index contributed by atoms with van der Waals surface area (Å²) in [6.07, 6.45) is 1.37. The van der Waals surface area contributed by atoms with E-state index in [0.717, 1.165) is 0 Å². The molecule has 0 aromatic carbocycles. The van der Waals surface area contributed by atoms with Crippen LogP contribution in [0.4, 0.5) is 0 Å². The molecule has 57 valence electrons. The lowest BCUT2D eigenvalue weighted by atomic mass is 10.3. The minimum absolute atomic E-state index is 0.136. The third-order valence-electron chi connectivity index (χ3n) is 1.04. The number of rotatable bonds is 1. The number of carbonyl (C=O) groups is 1. The number of aromatic nitrogens is 1. The van der Waals surface area contributed by atoms with Crippen LogP contribution in [0.15, 0.2) is 12.3 Å². The van der Waals surface area contributed by atoms with Gasteiger partial charge in [0.25, 0.3) is 0 Å². The molecule has 11 heavy (non-hydrogen) atoms. The quantitative estimate of drug-likeness (QED) is 0.597. The summed E-state index contributed by atoms with van der Waals surface area (Å²) in [7, 11) is 1.28. The van der Waals surface area contributed by atoms with Crippen LogP contribution >= 0.6 is 11.6 Å². The second-order valence-electron chi connectivity index (χ2n) is 1.77. The van der Waals surface area contributed by atoms with E-state index in [1.165, 1.54) is 19.4 Å². The summed E-state index contributed by atoms with van der Waals surface area (Å²) in [6.45, 7) is 0. The first-order valence-electron chi connectivity index (χ1n) is 2.85. The highest BCUT2D eigenvalue weighted by atomic mass is 35.5. The zero-order valence-electron chi connectivity index (χ0n) is 5.80. The van der Waals surface area contributed by atoms with Gasteiger partial charge in [0.1, 0.15) is 0 Å². The van der Waals surface area contributed by atoms with Crippen LogP contribution in [0.5, 0.6) is 0 Å². The fourth-order valence-electron chi connectivity index (χ4n) is 0.546. The van der Waals surface area contributed by atoms with Crippen molar-refractivity contribution in [2.24, 2.45) is 0 Å². The van der Waals surface area contributed by atoms with Gasteiger partial charge in [-0.05, 0) is 6.07 Å². The van der Waals surface area contributed by atoms with Gasteiger partial charge in [0.15, 0.2) is 5.69 Å². The van der Waals surface area contributed by atoms with Gasteiger partial charge in [-0.2, -0.15) is 0 Å². The Hall–Kier alpha value is -1.09. The van der Waals surface area contributed by atoms with Gasteiger partial charge in [0, 0.05) is 12.3 Å². The highest BCUT2D eigenvalue weighted by molar-refractivity contribution is 6.30. The van der Waals surface area contributed by atoms with E-state index in [1.54, 1.807) is 0 Å². The average Bonchev–Trinajstić information content (AvgIpc) is 2.05. The van der Waals surface area contributed by atoms with Crippen LogP contribution in [0.2, 0.25) is 5.02 Å². The maximum Gasteiger partial charge on any atom is 0.357 e. The molecule has 1 heterocycles. The highest BCUT2D eigenvalue weighted by Crippen LogP contribution is 2.05. The number of hydrogen-bond donors (Lipinski definition) is 0. The Bertz CT molecular complexity index is 258. The Labute approximate surface area is 69.0 Å². The van der Waals surface area contributed by atoms with Crippen molar-refractivity contribution in [2.45, 2.75) is 0 Å². The van der Waals surface area contributed by atoms with Crippen LogP contribution in [0.1, 0.15) is 10.5 Å². The molecule has 1 aromatic rings. The first kappa shape index (κ1) is 8.01. The molecule has 0 bridgehead atoms. The predicted octanol–water partition coefficient (Wildman–Crippen LogP) is 1.32. The number of esters is 1. The van der Waals surface area contributed by atoms with Gasteiger partial charge in [-0.15, -0.1) is 0 Å². The molecule has 0 amide bonds. The highest BCUT2D eigenvalue weighted by Gasteiger charge is 2.05. The molecule has 0 aliphatic heterocycles. The molecular weight excluding hydrogens is 166 g/mol. The lowest BCUT2D eigenvalue weighted by Crippen LogP contribution is -2.03. The number of pyridine rings is 1. The van der Waals surface area contributed by atoms with E-state index in [1.807, 2.05) is 0 Å². The van der Waals surface area contributed by atoms with Gasteiger partial charge in [-0.1, -0.05) is 11.6 Å². The van der Waals surface area contributed by atoms with Crippen LogP contribution < -0.4 is 0 Å². The third kappa shape index (κ3) is 1.91. The summed E-state index contributed by atoms with van der Waals surface area (Å²) in [5.74, 6) is -0.512. The number of methoxy groups -OCH3 is 1. The fourth-order valence-corrected chi connectivity index (χ4v) is 0.650. The molecule has 0 N–H and O–H groups in total. The normalized spacial score (nSPS) is 9.27. The standard InChI is InChI=1S/C7H5ClNO2/c1-11-7(10)6-3-2-5(8)4-9-6/h2,4H,1H3. The van der Waals surface area contributed by atoms with Gasteiger partial charge < -0.3 is 4.74 Å². The lowest BCUT2D eigenvalue weighted by molar-refractivity contribution is 0.0593. The summed E-state index contributed by atoms with van der Waals surface area (Å²) in [5, 5.41) is 0.442. The summed E-state index contributed by atoms with van der Waals surface area (Å²) >= 11 is 5.51. The van der Waals surface area contributed by atoms with Crippen LogP contribution in [-0.4, -0.2) is 18.1 Å². The van der Waals surface area contributed by atoms with Gasteiger partial charge in [-0.3, -0.25) is 0 Å². The van der Waals surface area contributed by atoms with E-state index in [9.17, 15) is 4.79 Å². The summed E-state index contributed by atoms with van der Waals surface area (Å²) in [6, 6.07) is 4.03. The molecule has 1 rings (SSSR count). The summed E-state index contributed by atoms with van der Waals surface area (Å²) in [4.78, 5) is 14.5. The largest absolute Gasteiger partial charge is 0.464 e. The third-order valence-corrected chi connectivity index (χ3v) is 1.25. The minimum atomic E-state index is -0.512. The second kappa shape index (κ2) is 3.34. The van der Waals surface area contributed by atoms with Gasteiger partial charge in [0.05, 0.1) is 12.1 Å². The van der Waals surface area contributed by atoms with Crippen LogP contribution in [0.25, 0.3) is 0 Å². The number of hydrogen-bond acceptors (Lipinski definition) is 3. The molecule has 0 saturated carbocycles. The molecule has 4 heteroatoms. The Morgan fingerprint density at radius 2 is 2.55 bits per heavy atom. The Morgan fingerprint density at radius 1 is 1.82 bits per heavy atom. The summed E-state index contributed by atoms with van der Waals surface area (Å²) < 4.78 is 4.40. The molecule has 0 aliphatic carbocycles. The van der Waals surface area contributed by atoms with Crippen molar-refractivity contribution in [3.8, 4) is 0 Å². The van der Waals surface area contributed by atoms with Crippen LogP contribution in [0.3, 0.4) is 0 Å². The average molecular weight is 171 g/mol. The van der Waals surface area contributed by atoms with Crippen molar-refractivity contribution in [1.29, 1.82) is 0 Å². The monoisotopic (exact) mass is 170 g/mol. The van der Waals surface area contributed by atoms with Gasteiger partial charge in [-0.25, -0.2) is 9.78 Å². The van der Waals surface area contributed by atoms with E-state index < -0.39 is 5.97 Å². The van der Waals surface area contributed by atoms with Gasteiger partial charge in [0.2, 0.25) is 0 Å². The maximum atomic E-state index is 10.8. The molecule has 0 fully saturated rings.